The Bertz CT molecular complexity index is 898. The zero-order valence-corrected chi connectivity index (χ0v) is 12.8. The summed E-state index contributed by atoms with van der Waals surface area (Å²) in [4.78, 5) is 31.1. The van der Waals surface area contributed by atoms with Gasteiger partial charge in [0, 0.05) is 6.07 Å². The molecule has 3 N–H and O–H groups in total. The van der Waals surface area contributed by atoms with E-state index in [1.165, 1.54) is 11.3 Å². The average Bonchev–Trinajstić information content (AvgIpc) is 3.19. The fourth-order valence-corrected chi connectivity index (χ4v) is 2.58. The van der Waals surface area contributed by atoms with Crippen LogP contribution in [0.3, 0.4) is 0 Å². The van der Waals surface area contributed by atoms with Crippen LogP contribution in [0, 0.1) is 6.92 Å². The van der Waals surface area contributed by atoms with Crippen molar-refractivity contribution in [2.75, 3.05) is 0 Å². The van der Waals surface area contributed by atoms with Gasteiger partial charge in [0.25, 0.3) is 11.5 Å². The van der Waals surface area contributed by atoms with E-state index in [0.29, 0.717) is 16.3 Å². The van der Waals surface area contributed by atoms with Crippen LogP contribution in [-0.4, -0.2) is 26.1 Å². The van der Waals surface area contributed by atoms with Gasteiger partial charge in [-0.3, -0.25) is 9.59 Å². The Morgan fingerprint density at radius 1 is 1.52 bits per heavy atom. The highest BCUT2D eigenvalue weighted by atomic mass is 32.1. The molecule has 0 aromatic carbocycles. The lowest BCUT2D eigenvalue weighted by atomic mass is 10.3. The fourth-order valence-electron chi connectivity index (χ4n) is 1.91. The predicted octanol–water partition coefficient (Wildman–Crippen LogP) is 1.43. The third-order valence-corrected chi connectivity index (χ3v) is 3.84. The van der Waals surface area contributed by atoms with Crippen molar-refractivity contribution >= 4 is 17.2 Å². The number of aryl methyl sites for hydroxylation is 1. The number of hydrogen-bond donors (Lipinski definition) is 3. The molecule has 0 bridgehead atoms. The molecule has 0 unspecified atom stereocenters. The Hall–Kier alpha value is -2.94. The van der Waals surface area contributed by atoms with Gasteiger partial charge < -0.3 is 19.9 Å². The highest BCUT2D eigenvalue weighted by Crippen LogP contribution is 2.21. The third-order valence-electron chi connectivity index (χ3n) is 2.96. The van der Waals surface area contributed by atoms with E-state index in [1.807, 2.05) is 5.38 Å². The fraction of sp³-hybridized carbons (Fsp3) is 0.143. The molecular weight excluding hydrogens is 320 g/mol. The van der Waals surface area contributed by atoms with Gasteiger partial charge in [-0.2, -0.15) is 0 Å². The van der Waals surface area contributed by atoms with Crippen molar-refractivity contribution in [2.45, 2.75) is 13.5 Å². The SMILES string of the molecule is Cc1cc(CNC(=O)c2nc(-c3cccs3)[nH]c(=O)c2O)on1. The standard InChI is InChI=1S/C14H12N4O4S/c1-7-5-8(22-18-7)6-15-13(20)10-11(19)14(21)17-12(16-10)9-3-2-4-23-9/h2-5,19H,6H2,1H3,(H,15,20)(H,16,17,21). The molecule has 23 heavy (non-hydrogen) atoms. The summed E-state index contributed by atoms with van der Waals surface area (Å²) < 4.78 is 4.97. The van der Waals surface area contributed by atoms with E-state index in [-0.39, 0.29) is 18.1 Å². The molecular formula is C14H12N4O4S. The quantitative estimate of drug-likeness (QED) is 0.664. The number of H-pyrrole nitrogens is 1. The minimum absolute atomic E-state index is 0.0714. The van der Waals surface area contributed by atoms with Crippen molar-refractivity contribution in [3.05, 3.63) is 51.1 Å². The molecule has 3 aromatic rings. The topological polar surface area (TPSA) is 121 Å². The van der Waals surface area contributed by atoms with Gasteiger partial charge >= 0.3 is 0 Å². The summed E-state index contributed by atoms with van der Waals surface area (Å²) >= 11 is 1.35. The molecule has 3 rings (SSSR count). The number of rotatable bonds is 4. The van der Waals surface area contributed by atoms with Gasteiger partial charge in [0.15, 0.2) is 17.3 Å². The molecule has 0 aliphatic rings. The van der Waals surface area contributed by atoms with E-state index >= 15 is 0 Å². The van der Waals surface area contributed by atoms with Crippen LogP contribution >= 0.6 is 11.3 Å². The Morgan fingerprint density at radius 2 is 2.35 bits per heavy atom. The van der Waals surface area contributed by atoms with E-state index in [2.05, 4.69) is 20.4 Å². The predicted molar refractivity (Wildman–Crippen MR) is 82.2 cm³/mol. The van der Waals surface area contributed by atoms with Crippen LogP contribution in [0.25, 0.3) is 10.7 Å². The normalized spacial score (nSPS) is 10.7. The highest BCUT2D eigenvalue weighted by molar-refractivity contribution is 7.13. The highest BCUT2D eigenvalue weighted by Gasteiger charge is 2.19. The van der Waals surface area contributed by atoms with Crippen LogP contribution in [0.5, 0.6) is 5.75 Å². The number of carbonyl (C=O) groups is 1. The van der Waals surface area contributed by atoms with Gasteiger partial charge in [0.2, 0.25) is 5.75 Å². The lowest BCUT2D eigenvalue weighted by Gasteiger charge is -2.06. The first-order chi connectivity index (χ1) is 11.0. The summed E-state index contributed by atoms with van der Waals surface area (Å²) in [6.45, 7) is 1.83. The maximum Gasteiger partial charge on any atom is 0.294 e. The number of nitrogens with one attached hydrogen (secondary N) is 2. The van der Waals surface area contributed by atoms with Crippen LogP contribution in [0.4, 0.5) is 0 Å². The summed E-state index contributed by atoms with van der Waals surface area (Å²) in [7, 11) is 0. The van der Waals surface area contributed by atoms with Crippen LogP contribution in [0.15, 0.2) is 32.9 Å². The first kappa shape index (κ1) is 15.0. The largest absolute Gasteiger partial charge is 0.501 e. The second kappa shape index (κ2) is 6.05. The molecule has 0 spiro atoms. The molecule has 3 aromatic heterocycles. The zero-order chi connectivity index (χ0) is 16.4. The smallest absolute Gasteiger partial charge is 0.294 e. The van der Waals surface area contributed by atoms with Crippen molar-refractivity contribution in [3.8, 4) is 16.5 Å². The Balaban J connectivity index is 1.86. The number of aromatic nitrogens is 3. The molecule has 0 aliphatic heterocycles. The summed E-state index contributed by atoms with van der Waals surface area (Å²) in [6.07, 6.45) is 0. The maximum absolute atomic E-state index is 12.2. The van der Waals surface area contributed by atoms with Gasteiger partial charge in [0.1, 0.15) is 0 Å². The Morgan fingerprint density at radius 3 is 3.00 bits per heavy atom. The second-order valence-corrected chi connectivity index (χ2v) is 5.65. The van der Waals surface area contributed by atoms with E-state index in [0.717, 1.165) is 0 Å². The second-order valence-electron chi connectivity index (χ2n) is 4.71. The summed E-state index contributed by atoms with van der Waals surface area (Å²) in [6, 6.07) is 5.21. The van der Waals surface area contributed by atoms with Crippen LogP contribution in [0.2, 0.25) is 0 Å². The van der Waals surface area contributed by atoms with Crippen molar-refractivity contribution in [1.82, 2.24) is 20.4 Å². The first-order valence-corrected chi connectivity index (χ1v) is 7.50. The number of amides is 1. The summed E-state index contributed by atoms with van der Waals surface area (Å²) in [5, 5.41) is 17.8. The summed E-state index contributed by atoms with van der Waals surface area (Å²) in [5.74, 6) is -0.723. The zero-order valence-electron chi connectivity index (χ0n) is 12.0. The molecule has 0 fully saturated rings. The minimum atomic E-state index is -0.774. The van der Waals surface area contributed by atoms with Crippen LogP contribution < -0.4 is 10.9 Å². The van der Waals surface area contributed by atoms with Crippen molar-refractivity contribution in [2.24, 2.45) is 0 Å². The van der Waals surface area contributed by atoms with E-state index in [4.69, 9.17) is 4.52 Å². The number of aromatic hydroxyl groups is 1. The molecule has 0 atom stereocenters. The van der Waals surface area contributed by atoms with Gasteiger partial charge in [-0.05, 0) is 18.4 Å². The average molecular weight is 332 g/mol. The number of carbonyl (C=O) groups excluding carboxylic acids is 1. The van der Waals surface area contributed by atoms with Gasteiger partial charge in [-0.15, -0.1) is 11.3 Å². The number of thiophene rings is 1. The van der Waals surface area contributed by atoms with Crippen LogP contribution in [-0.2, 0) is 6.54 Å². The molecule has 9 heteroatoms. The monoisotopic (exact) mass is 332 g/mol. The Kier molecular flexibility index (Phi) is 3.94. The minimum Gasteiger partial charge on any atom is -0.501 e. The molecule has 0 radical (unpaired) electrons. The Labute approximate surface area is 133 Å². The number of nitrogens with zero attached hydrogens (tertiary/aromatic N) is 2. The van der Waals surface area contributed by atoms with Gasteiger partial charge in [-0.1, -0.05) is 11.2 Å². The van der Waals surface area contributed by atoms with Gasteiger partial charge in [0.05, 0.1) is 17.1 Å². The van der Waals surface area contributed by atoms with E-state index < -0.39 is 17.2 Å². The summed E-state index contributed by atoms with van der Waals surface area (Å²) in [5.41, 5.74) is -0.427. The van der Waals surface area contributed by atoms with Crippen molar-refractivity contribution < 1.29 is 14.4 Å². The first-order valence-electron chi connectivity index (χ1n) is 6.62. The molecule has 0 aliphatic carbocycles. The lowest BCUT2D eigenvalue weighted by Crippen LogP contribution is -2.26. The molecule has 8 nitrogen and oxygen atoms in total. The number of hydrogen-bond acceptors (Lipinski definition) is 7. The maximum atomic E-state index is 12.2. The molecule has 3 heterocycles. The number of aromatic amines is 1. The third kappa shape index (κ3) is 3.14. The van der Waals surface area contributed by atoms with Crippen molar-refractivity contribution in [3.63, 3.8) is 0 Å². The van der Waals surface area contributed by atoms with Gasteiger partial charge in [-0.25, -0.2) is 4.98 Å². The molecule has 0 saturated carbocycles. The molecule has 0 saturated heterocycles. The lowest BCUT2D eigenvalue weighted by molar-refractivity contribution is 0.0938. The van der Waals surface area contributed by atoms with E-state index in [1.54, 1.807) is 25.1 Å². The molecule has 1 amide bonds. The van der Waals surface area contributed by atoms with Crippen LogP contribution in [0.1, 0.15) is 21.9 Å². The molecule has 118 valence electrons. The van der Waals surface area contributed by atoms with E-state index in [9.17, 15) is 14.7 Å². The van der Waals surface area contributed by atoms with Crippen molar-refractivity contribution in [1.29, 1.82) is 0 Å².